The summed E-state index contributed by atoms with van der Waals surface area (Å²) in [6, 6.07) is 7.19. The summed E-state index contributed by atoms with van der Waals surface area (Å²) in [4.78, 5) is 16.0. The molecule has 0 saturated carbocycles. The summed E-state index contributed by atoms with van der Waals surface area (Å²) < 4.78 is 25.7. The molecular weight excluding hydrogens is 374 g/mol. The van der Waals surface area contributed by atoms with Gasteiger partial charge >= 0.3 is 0 Å². The number of anilines is 1. The molecule has 0 aliphatic heterocycles. The first-order chi connectivity index (χ1) is 12.2. The van der Waals surface area contributed by atoms with Gasteiger partial charge in [0.1, 0.15) is 0 Å². The highest BCUT2D eigenvalue weighted by Gasteiger charge is 2.23. The predicted molar refractivity (Wildman–Crippen MR) is 104 cm³/mol. The van der Waals surface area contributed by atoms with Crippen LogP contribution in [0.1, 0.15) is 23.1 Å². The van der Waals surface area contributed by atoms with Crippen LogP contribution in [0.4, 0.5) is 5.69 Å². The smallest absolute Gasteiger partial charge is 0.232 e. The number of hydrogen-bond donors (Lipinski definition) is 1. The van der Waals surface area contributed by atoms with Crippen LogP contribution >= 0.6 is 11.6 Å². The van der Waals surface area contributed by atoms with E-state index in [0.29, 0.717) is 17.3 Å². The molecule has 1 amide bonds. The number of amides is 1. The van der Waals surface area contributed by atoms with E-state index in [-0.39, 0.29) is 18.9 Å². The normalized spacial score (nSPS) is 11.2. The molecule has 0 aliphatic carbocycles. The molecule has 140 valence electrons. The van der Waals surface area contributed by atoms with Gasteiger partial charge in [-0.15, -0.1) is 0 Å². The summed E-state index contributed by atoms with van der Waals surface area (Å²) in [5.41, 5.74) is 3.03. The fraction of sp³-hybridized carbons (Fsp3) is 0.333. The minimum Gasteiger partial charge on any atom is -0.352 e. The van der Waals surface area contributed by atoms with E-state index < -0.39 is 10.0 Å². The number of rotatable bonds is 7. The highest BCUT2D eigenvalue weighted by atomic mass is 35.5. The van der Waals surface area contributed by atoms with E-state index in [9.17, 15) is 13.2 Å². The monoisotopic (exact) mass is 395 g/mol. The van der Waals surface area contributed by atoms with E-state index in [1.807, 2.05) is 13.0 Å². The second kappa shape index (κ2) is 8.51. The van der Waals surface area contributed by atoms with Gasteiger partial charge < -0.3 is 5.32 Å². The molecule has 0 bridgehead atoms. The minimum absolute atomic E-state index is 0.0185. The van der Waals surface area contributed by atoms with E-state index in [4.69, 9.17) is 11.6 Å². The molecule has 1 heterocycles. The maximum absolute atomic E-state index is 12.2. The zero-order chi connectivity index (χ0) is 19.3. The van der Waals surface area contributed by atoms with Crippen molar-refractivity contribution in [3.63, 3.8) is 0 Å². The maximum Gasteiger partial charge on any atom is 0.232 e. The molecule has 2 aromatic rings. The number of nitrogens with zero attached hydrogens (tertiary/aromatic N) is 2. The number of carbonyl (C=O) groups is 1. The van der Waals surface area contributed by atoms with Gasteiger partial charge in [0.05, 0.1) is 17.0 Å². The third kappa shape index (κ3) is 5.44. The van der Waals surface area contributed by atoms with E-state index in [1.54, 1.807) is 37.5 Å². The van der Waals surface area contributed by atoms with Gasteiger partial charge in [-0.05, 0) is 48.7 Å². The van der Waals surface area contributed by atoms with Crippen LogP contribution in [0.5, 0.6) is 0 Å². The zero-order valence-corrected chi connectivity index (χ0v) is 16.6. The number of halogens is 1. The van der Waals surface area contributed by atoms with Gasteiger partial charge in [0, 0.05) is 31.9 Å². The standard InChI is InChI=1S/C18H22ClN3O3S/c1-13-10-14(2)18(16(19)11-13)22(26(3,24)25)9-6-17(23)21-12-15-4-7-20-8-5-15/h4-5,7-8,10-11H,6,9,12H2,1-3H3,(H,21,23). The predicted octanol–water partition coefficient (Wildman–Crippen LogP) is 2.82. The van der Waals surface area contributed by atoms with Crippen LogP contribution in [0.15, 0.2) is 36.7 Å². The number of carbonyl (C=O) groups excluding carboxylic acids is 1. The Morgan fingerprint density at radius 2 is 1.88 bits per heavy atom. The Balaban J connectivity index is 2.09. The van der Waals surface area contributed by atoms with Crippen LogP contribution in [0, 0.1) is 13.8 Å². The van der Waals surface area contributed by atoms with Crippen LogP contribution in [0.25, 0.3) is 0 Å². The molecule has 0 saturated heterocycles. The Kier molecular flexibility index (Phi) is 6.61. The maximum atomic E-state index is 12.2. The van der Waals surface area contributed by atoms with Crippen LogP contribution in [-0.2, 0) is 21.4 Å². The SMILES string of the molecule is Cc1cc(C)c(N(CCC(=O)NCc2ccncc2)S(C)(=O)=O)c(Cl)c1. The quantitative estimate of drug-likeness (QED) is 0.781. The van der Waals surface area contributed by atoms with Crippen LogP contribution < -0.4 is 9.62 Å². The second-order valence-electron chi connectivity index (χ2n) is 6.13. The summed E-state index contributed by atoms with van der Waals surface area (Å²) >= 11 is 6.28. The number of sulfonamides is 1. The van der Waals surface area contributed by atoms with Gasteiger partial charge in [-0.3, -0.25) is 14.1 Å². The molecule has 1 N–H and O–H groups in total. The largest absolute Gasteiger partial charge is 0.352 e. The number of aromatic nitrogens is 1. The molecule has 26 heavy (non-hydrogen) atoms. The van der Waals surface area contributed by atoms with Crippen molar-refractivity contribution in [1.82, 2.24) is 10.3 Å². The van der Waals surface area contributed by atoms with Gasteiger partial charge in [0.25, 0.3) is 0 Å². The Morgan fingerprint density at radius 3 is 2.46 bits per heavy atom. The van der Waals surface area contributed by atoms with E-state index >= 15 is 0 Å². The lowest BCUT2D eigenvalue weighted by atomic mass is 10.1. The number of nitrogens with one attached hydrogen (secondary N) is 1. The Labute approximate surface area is 159 Å². The highest BCUT2D eigenvalue weighted by molar-refractivity contribution is 7.92. The van der Waals surface area contributed by atoms with Crippen molar-refractivity contribution < 1.29 is 13.2 Å². The van der Waals surface area contributed by atoms with Crippen molar-refractivity contribution in [2.75, 3.05) is 17.1 Å². The van der Waals surface area contributed by atoms with Crippen LogP contribution in [-0.4, -0.2) is 32.1 Å². The molecule has 0 radical (unpaired) electrons. The summed E-state index contributed by atoms with van der Waals surface area (Å²) in [7, 11) is -3.58. The molecule has 0 atom stereocenters. The molecule has 0 fully saturated rings. The summed E-state index contributed by atoms with van der Waals surface area (Å²) in [5, 5.41) is 3.13. The van der Waals surface area contributed by atoms with Crippen molar-refractivity contribution in [3.05, 3.63) is 58.4 Å². The second-order valence-corrected chi connectivity index (χ2v) is 8.44. The molecule has 6 nitrogen and oxygen atoms in total. The highest BCUT2D eigenvalue weighted by Crippen LogP contribution is 2.32. The Hall–Kier alpha value is -2.12. The minimum atomic E-state index is -3.58. The molecule has 2 rings (SSSR count). The fourth-order valence-corrected chi connectivity index (χ4v) is 4.13. The molecule has 8 heteroatoms. The molecule has 1 aromatic heterocycles. The van der Waals surface area contributed by atoms with Crippen molar-refractivity contribution >= 4 is 33.2 Å². The summed E-state index contributed by atoms with van der Waals surface area (Å²) in [5.74, 6) is -0.239. The first-order valence-electron chi connectivity index (χ1n) is 8.08. The number of pyridine rings is 1. The molecule has 0 aliphatic rings. The van der Waals surface area contributed by atoms with Gasteiger partial charge in [-0.25, -0.2) is 8.42 Å². The lowest BCUT2D eigenvalue weighted by Crippen LogP contribution is -2.35. The lowest BCUT2D eigenvalue weighted by Gasteiger charge is -2.25. The van der Waals surface area contributed by atoms with Crippen molar-refractivity contribution in [3.8, 4) is 0 Å². The van der Waals surface area contributed by atoms with E-state index in [2.05, 4.69) is 10.3 Å². The molecule has 0 unspecified atom stereocenters. The third-order valence-corrected chi connectivity index (χ3v) is 5.28. The lowest BCUT2D eigenvalue weighted by molar-refractivity contribution is -0.121. The zero-order valence-electron chi connectivity index (χ0n) is 15.0. The number of hydrogen-bond acceptors (Lipinski definition) is 4. The third-order valence-electron chi connectivity index (χ3n) is 3.83. The number of benzene rings is 1. The van der Waals surface area contributed by atoms with Gasteiger partial charge in [0.2, 0.25) is 15.9 Å². The topological polar surface area (TPSA) is 79.4 Å². The van der Waals surface area contributed by atoms with Gasteiger partial charge in [0.15, 0.2) is 0 Å². The van der Waals surface area contributed by atoms with Crippen molar-refractivity contribution in [2.45, 2.75) is 26.8 Å². The van der Waals surface area contributed by atoms with Crippen molar-refractivity contribution in [2.24, 2.45) is 0 Å². The Bertz CT molecular complexity index is 863. The molecular formula is C18H22ClN3O3S. The number of aryl methyl sites for hydroxylation is 2. The van der Waals surface area contributed by atoms with Crippen molar-refractivity contribution in [1.29, 1.82) is 0 Å². The van der Waals surface area contributed by atoms with Gasteiger partial charge in [-0.2, -0.15) is 0 Å². The Morgan fingerprint density at radius 1 is 1.23 bits per heavy atom. The van der Waals surface area contributed by atoms with Crippen LogP contribution in [0.3, 0.4) is 0 Å². The average molecular weight is 396 g/mol. The molecule has 1 aromatic carbocycles. The first-order valence-corrected chi connectivity index (χ1v) is 10.3. The first kappa shape index (κ1) is 20.2. The van der Waals surface area contributed by atoms with Gasteiger partial charge in [-0.1, -0.05) is 17.7 Å². The fourth-order valence-electron chi connectivity index (χ4n) is 2.66. The van der Waals surface area contributed by atoms with E-state index in [0.717, 1.165) is 22.9 Å². The van der Waals surface area contributed by atoms with Crippen LogP contribution in [0.2, 0.25) is 5.02 Å². The summed E-state index contributed by atoms with van der Waals surface area (Å²) in [6.45, 7) is 4.07. The average Bonchev–Trinajstić information content (AvgIpc) is 2.55. The summed E-state index contributed by atoms with van der Waals surface area (Å²) in [6.07, 6.45) is 4.43. The van der Waals surface area contributed by atoms with E-state index in [1.165, 1.54) is 4.31 Å². The molecule has 0 spiro atoms.